The van der Waals surface area contributed by atoms with E-state index >= 15 is 0 Å². The number of carbonyl (C=O) groups is 1. The van der Waals surface area contributed by atoms with Crippen molar-refractivity contribution in [3.63, 3.8) is 0 Å². The van der Waals surface area contributed by atoms with E-state index in [9.17, 15) is 4.79 Å². The number of rotatable bonds is 3. The molecule has 1 aromatic carbocycles. The van der Waals surface area contributed by atoms with Gasteiger partial charge in [-0.3, -0.25) is 4.90 Å². The van der Waals surface area contributed by atoms with Gasteiger partial charge in [-0.05, 0) is 18.2 Å². The number of hydrogen-bond donors (Lipinski definition) is 1. The summed E-state index contributed by atoms with van der Waals surface area (Å²) in [4.78, 5) is 13.0. The number of nitrogens with zero attached hydrogens (tertiary/aromatic N) is 1. The van der Waals surface area contributed by atoms with E-state index in [2.05, 4.69) is 0 Å². The lowest BCUT2D eigenvalue weighted by Gasteiger charge is -2.14. The van der Waals surface area contributed by atoms with Crippen LogP contribution in [-0.2, 0) is 4.74 Å². The zero-order chi connectivity index (χ0) is 12.4. The van der Waals surface area contributed by atoms with Gasteiger partial charge in [-0.25, -0.2) is 4.79 Å². The van der Waals surface area contributed by atoms with Crippen LogP contribution in [0.4, 0.5) is 10.5 Å². The van der Waals surface area contributed by atoms with Crippen molar-refractivity contribution in [2.45, 2.75) is 6.10 Å². The highest BCUT2D eigenvalue weighted by molar-refractivity contribution is 6.32. The van der Waals surface area contributed by atoms with Gasteiger partial charge in [0.2, 0.25) is 0 Å². The molecule has 1 amide bonds. The van der Waals surface area contributed by atoms with Gasteiger partial charge in [-0.1, -0.05) is 11.6 Å². The SMILES string of the molecule is COc1ccc(N2CC(CO)OC2=O)cc1Cl. The number of methoxy groups -OCH3 is 1. The lowest BCUT2D eigenvalue weighted by molar-refractivity contribution is 0.0963. The molecule has 1 aromatic rings. The first-order chi connectivity index (χ1) is 8.15. The highest BCUT2D eigenvalue weighted by Gasteiger charge is 2.31. The number of anilines is 1. The van der Waals surface area contributed by atoms with E-state index in [4.69, 9.17) is 26.2 Å². The average Bonchev–Trinajstić information content (AvgIpc) is 2.70. The van der Waals surface area contributed by atoms with E-state index < -0.39 is 12.2 Å². The number of halogens is 1. The van der Waals surface area contributed by atoms with Crippen molar-refractivity contribution >= 4 is 23.4 Å². The molecule has 0 aromatic heterocycles. The van der Waals surface area contributed by atoms with Gasteiger partial charge in [0.05, 0.1) is 25.3 Å². The van der Waals surface area contributed by atoms with Crippen molar-refractivity contribution < 1.29 is 19.4 Å². The van der Waals surface area contributed by atoms with Crippen LogP contribution in [0.15, 0.2) is 18.2 Å². The number of carbonyl (C=O) groups excluding carboxylic acids is 1. The number of cyclic esters (lactones) is 1. The summed E-state index contributed by atoms with van der Waals surface area (Å²) in [7, 11) is 1.52. The Kier molecular flexibility index (Phi) is 3.40. The molecule has 1 N–H and O–H groups in total. The molecular formula is C11H12ClNO4. The third-order valence-electron chi connectivity index (χ3n) is 2.52. The van der Waals surface area contributed by atoms with Crippen LogP contribution in [-0.4, -0.2) is 37.6 Å². The van der Waals surface area contributed by atoms with Crippen LogP contribution in [0.1, 0.15) is 0 Å². The first-order valence-electron chi connectivity index (χ1n) is 5.08. The lowest BCUT2D eigenvalue weighted by atomic mass is 10.2. The average molecular weight is 258 g/mol. The maximum absolute atomic E-state index is 11.5. The molecule has 0 radical (unpaired) electrons. The van der Waals surface area contributed by atoms with Crippen LogP contribution in [0, 0.1) is 0 Å². The van der Waals surface area contributed by atoms with Gasteiger partial charge in [0.1, 0.15) is 11.9 Å². The summed E-state index contributed by atoms with van der Waals surface area (Å²) < 4.78 is 9.96. The summed E-state index contributed by atoms with van der Waals surface area (Å²) in [6.07, 6.45) is -0.964. The second-order valence-corrected chi connectivity index (χ2v) is 4.02. The minimum Gasteiger partial charge on any atom is -0.495 e. The molecule has 1 saturated heterocycles. The Bertz CT molecular complexity index is 437. The molecule has 0 spiro atoms. The molecule has 1 heterocycles. The van der Waals surface area contributed by atoms with E-state index in [-0.39, 0.29) is 6.61 Å². The van der Waals surface area contributed by atoms with E-state index in [0.29, 0.717) is 23.0 Å². The fraction of sp³-hybridized carbons (Fsp3) is 0.364. The third kappa shape index (κ3) is 2.30. The largest absolute Gasteiger partial charge is 0.495 e. The van der Waals surface area contributed by atoms with Gasteiger partial charge in [-0.15, -0.1) is 0 Å². The zero-order valence-corrected chi connectivity index (χ0v) is 9.98. The minimum absolute atomic E-state index is 0.188. The molecule has 0 saturated carbocycles. The smallest absolute Gasteiger partial charge is 0.414 e. The standard InChI is InChI=1S/C11H12ClNO4/c1-16-10-3-2-7(4-9(10)12)13-5-8(6-14)17-11(13)15/h2-4,8,14H,5-6H2,1H3. The maximum atomic E-state index is 11.5. The van der Waals surface area contributed by atoms with Crippen LogP contribution in [0.5, 0.6) is 5.75 Å². The Labute approximate surface area is 103 Å². The van der Waals surface area contributed by atoms with Gasteiger partial charge < -0.3 is 14.6 Å². The van der Waals surface area contributed by atoms with Crippen LogP contribution in [0.3, 0.4) is 0 Å². The highest BCUT2D eigenvalue weighted by atomic mass is 35.5. The molecule has 92 valence electrons. The number of hydrogen-bond acceptors (Lipinski definition) is 4. The number of benzene rings is 1. The number of amides is 1. The number of ether oxygens (including phenoxy) is 2. The molecule has 1 aliphatic rings. The molecule has 0 aliphatic carbocycles. The Morgan fingerprint density at radius 3 is 2.94 bits per heavy atom. The monoisotopic (exact) mass is 257 g/mol. The summed E-state index contributed by atoms with van der Waals surface area (Å²) in [5.41, 5.74) is 0.622. The van der Waals surface area contributed by atoms with Crippen molar-refractivity contribution in [3.05, 3.63) is 23.2 Å². The quantitative estimate of drug-likeness (QED) is 0.895. The molecule has 2 rings (SSSR count). The van der Waals surface area contributed by atoms with Crippen molar-refractivity contribution in [2.24, 2.45) is 0 Å². The maximum Gasteiger partial charge on any atom is 0.414 e. The summed E-state index contributed by atoms with van der Waals surface area (Å²) in [5, 5.41) is 9.36. The van der Waals surface area contributed by atoms with Crippen molar-refractivity contribution in [3.8, 4) is 5.75 Å². The highest BCUT2D eigenvalue weighted by Crippen LogP contribution is 2.30. The molecule has 6 heteroatoms. The van der Waals surface area contributed by atoms with Gasteiger partial charge in [0.15, 0.2) is 0 Å². The van der Waals surface area contributed by atoms with Crippen LogP contribution in [0.25, 0.3) is 0 Å². The predicted molar refractivity (Wildman–Crippen MR) is 62.7 cm³/mol. The first-order valence-corrected chi connectivity index (χ1v) is 5.46. The Balaban J connectivity index is 2.23. The van der Waals surface area contributed by atoms with Crippen molar-refractivity contribution in [2.75, 3.05) is 25.2 Å². The van der Waals surface area contributed by atoms with E-state index in [1.54, 1.807) is 18.2 Å². The molecule has 1 atom stereocenters. The minimum atomic E-state index is -0.483. The molecule has 5 nitrogen and oxygen atoms in total. The zero-order valence-electron chi connectivity index (χ0n) is 9.22. The Morgan fingerprint density at radius 2 is 2.41 bits per heavy atom. The molecule has 1 fully saturated rings. The second-order valence-electron chi connectivity index (χ2n) is 3.62. The summed E-state index contributed by atoms with van der Waals surface area (Å²) in [5.74, 6) is 0.543. The lowest BCUT2D eigenvalue weighted by Crippen LogP contribution is -2.25. The topological polar surface area (TPSA) is 59.0 Å². The second kappa shape index (κ2) is 4.81. The first kappa shape index (κ1) is 12.0. The summed E-state index contributed by atoms with van der Waals surface area (Å²) in [6, 6.07) is 5.02. The van der Waals surface area contributed by atoms with Gasteiger partial charge >= 0.3 is 6.09 Å². The van der Waals surface area contributed by atoms with Crippen LogP contribution < -0.4 is 9.64 Å². The van der Waals surface area contributed by atoms with Gasteiger partial charge in [0.25, 0.3) is 0 Å². The third-order valence-corrected chi connectivity index (χ3v) is 2.82. The van der Waals surface area contributed by atoms with Crippen molar-refractivity contribution in [1.29, 1.82) is 0 Å². The fourth-order valence-electron chi connectivity index (χ4n) is 1.65. The van der Waals surface area contributed by atoms with E-state index in [0.717, 1.165) is 0 Å². The van der Waals surface area contributed by atoms with E-state index in [1.165, 1.54) is 12.0 Å². The molecule has 1 unspecified atom stereocenters. The normalized spacial score (nSPS) is 19.4. The van der Waals surface area contributed by atoms with Crippen LogP contribution >= 0.6 is 11.6 Å². The predicted octanol–water partition coefficient (Wildman–Crippen LogP) is 1.67. The summed E-state index contributed by atoms with van der Waals surface area (Å²) in [6.45, 7) is 0.129. The number of aliphatic hydroxyl groups excluding tert-OH is 1. The summed E-state index contributed by atoms with van der Waals surface area (Å²) >= 11 is 5.97. The van der Waals surface area contributed by atoms with Gasteiger partial charge in [0, 0.05) is 5.69 Å². The fourth-order valence-corrected chi connectivity index (χ4v) is 1.90. The Morgan fingerprint density at radius 1 is 1.65 bits per heavy atom. The molecule has 1 aliphatic heterocycles. The number of aliphatic hydroxyl groups is 1. The molecular weight excluding hydrogens is 246 g/mol. The van der Waals surface area contributed by atoms with Crippen molar-refractivity contribution in [1.82, 2.24) is 0 Å². The molecule has 0 bridgehead atoms. The van der Waals surface area contributed by atoms with E-state index in [1.807, 2.05) is 0 Å². The Hall–Kier alpha value is -1.46. The van der Waals surface area contributed by atoms with Crippen LogP contribution in [0.2, 0.25) is 5.02 Å². The molecule has 17 heavy (non-hydrogen) atoms. The van der Waals surface area contributed by atoms with Gasteiger partial charge in [-0.2, -0.15) is 0 Å².